The SMILES string of the molecule is CCCCC1(CCC)O[C@H]2O[C@H](CCC)[C@H](OCc3ccccc3)[C@H]2O1. The highest BCUT2D eigenvalue weighted by atomic mass is 16.8. The third kappa shape index (κ3) is 4.48. The van der Waals surface area contributed by atoms with Crippen molar-refractivity contribution in [3.05, 3.63) is 35.9 Å². The zero-order valence-electron chi connectivity index (χ0n) is 16.5. The van der Waals surface area contributed by atoms with E-state index in [1.165, 1.54) is 5.56 Å². The van der Waals surface area contributed by atoms with Gasteiger partial charge in [-0.25, -0.2) is 0 Å². The van der Waals surface area contributed by atoms with Crippen LogP contribution in [0.4, 0.5) is 0 Å². The Balaban J connectivity index is 1.69. The van der Waals surface area contributed by atoms with Crippen molar-refractivity contribution in [3.63, 3.8) is 0 Å². The number of benzene rings is 1. The fourth-order valence-corrected chi connectivity index (χ4v) is 4.07. The standard InChI is InChI=1S/C22H34O4/c1-4-7-15-22(14-6-3)25-20-19(18(11-5-2)24-21(20)26-22)23-16-17-12-9-8-10-13-17/h8-10,12-13,18-21H,4-7,11,14-16H2,1-3H3/t18-,19+,20-,21-,22?/m1/s1. The van der Waals surface area contributed by atoms with Crippen LogP contribution in [0.3, 0.4) is 0 Å². The summed E-state index contributed by atoms with van der Waals surface area (Å²) in [5, 5.41) is 0. The van der Waals surface area contributed by atoms with Crippen molar-refractivity contribution in [1.29, 1.82) is 0 Å². The Bertz CT molecular complexity index is 534. The van der Waals surface area contributed by atoms with Gasteiger partial charge in [0.15, 0.2) is 12.1 Å². The molecule has 2 aliphatic heterocycles. The predicted octanol–water partition coefficient (Wildman–Crippen LogP) is 5.20. The molecular weight excluding hydrogens is 328 g/mol. The molecule has 2 aliphatic rings. The molecule has 26 heavy (non-hydrogen) atoms. The molecule has 0 aromatic heterocycles. The lowest BCUT2D eigenvalue weighted by molar-refractivity contribution is -0.244. The van der Waals surface area contributed by atoms with E-state index in [4.69, 9.17) is 18.9 Å². The Hall–Kier alpha value is -0.940. The zero-order valence-corrected chi connectivity index (χ0v) is 16.5. The van der Waals surface area contributed by atoms with Gasteiger partial charge in [-0.15, -0.1) is 0 Å². The molecule has 0 radical (unpaired) electrons. The first-order valence-corrected chi connectivity index (χ1v) is 10.4. The van der Waals surface area contributed by atoms with E-state index in [1.54, 1.807) is 0 Å². The van der Waals surface area contributed by atoms with E-state index in [2.05, 4.69) is 32.9 Å². The Morgan fingerprint density at radius 1 is 0.962 bits per heavy atom. The summed E-state index contributed by atoms with van der Waals surface area (Å²) < 4.78 is 25.4. The van der Waals surface area contributed by atoms with E-state index in [0.29, 0.717) is 6.61 Å². The number of rotatable bonds is 10. The molecule has 146 valence electrons. The van der Waals surface area contributed by atoms with Crippen LogP contribution in [0.15, 0.2) is 30.3 Å². The van der Waals surface area contributed by atoms with Crippen molar-refractivity contribution in [2.24, 2.45) is 0 Å². The van der Waals surface area contributed by atoms with E-state index < -0.39 is 5.79 Å². The van der Waals surface area contributed by atoms with Crippen LogP contribution in [0.5, 0.6) is 0 Å². The van der Waals surface area contributed by atoms with Gasteiger partial charge < -0.3 is 18.9 Å². The van der Waals surface area contributed by atoms with Gasteiger partial charge in [-0.05, 0) is 18.4 Å². The Labute approximate surface area is 158 Å². The number of fused-ring (bicyclic) bond motifs is 1. The summed E-state index contributed by atoms with van der Waals surface area (Å²) in [4.78, 5) is 0. The van der Waals surface area contributed by atoms with E-state index in [1.807, 2.05) is 18.2 Å². The van der Waals surface area contributed by atoms with Crippen molar-refractivity contribution in [2.75, 3.05) is 0 Å². The molecule has 4 nitrogen and oxygen atoms in total. The van der Waals surface area contributed by atoms with Crippen LogP contribution in [0, 0.1) is 0 Å². The van der Waals surface area contributed by atoms with E-state index in [0.717, 1.165) is 44.9 Å². The van der Waals surface area contributed by atoms with Crippen LogP contribution in [0.2, 0.25) is 0 Å². The minimum absolute atomic E-state index is 0.0458. The fourth-order valence-electron chi connectivity index (χ4n) is 4.07. The van der Waals surface area contributed by atoms with E-state index in [9.17, 15) is 0 Å². The summed E-state index contributed by atoms with van der Waals surface area (Å²) in [5.74, 6) is -0.494. The van der Waals surface area contributed by atoms with Gasteiger partial charge in [-0.2, -0.15) is 0 Å². The topological polar surface area (TPSA) is 36.9 Å². The molecule has 1 unspecified atom stereocenters. The minimum Gasteiger partial charge on any atom is -0.368 e. The molecule has 2 saturated heterocycles. The van der Waals surface area contributed by atoms with Crippen molar-refractivity contribution in [2.45, 2.75) is 103 Å². The molecule has 0 amide bonds. The highest BCUT2D eigenvalue weighted by Gasteiger charge is 2.57. The van der Waals surface area contributed by atoms with Gasteiger partial charge in [0.2, 0.25) is 0 Å². The maximum Gasteiger partial charge on any atom is 0.190 e. The average Bonchev–Trinajstić information content (AvgIpc) is 3.14. The highest BCUT2D eigenvalue weighted by molar-refractivity contribution is 5.13. The first kappa shape index (κ1) is 19.8. The Kier molecular flexibility index (Phi) is 7.10. The largest absolute Gasteiger partial charge is 0.368 e. The van der Waals surface area contributed by atoms with E-state index in [-0.39, 0.29) is 24.6 Å². The van der Waals surface area contributed by atoms with Gasteiger partial charge in [-0.1, -0.05) is 70.4 Å². The molecule has 1 aromatic carbocycles. The number of hydrogen-bond acceptors (Lipinski definition) is 4. The molecule has 1 aromatic rings. The summed E-state index contributed by atoms with van der Waals surface area (Å²) in [5.41, 5.74) is 1.18. The second kappa shape index (κ2) is 9.32. The first-order chi connectivity index (χ1) is 12.7. The van der Waals surface area contributed by atoms with Gasteiger partial charge in [0, 0.05) is 12.8 Å². The highest BCUT2D eigenvalue weighted by Crippen LogP contribution is 2.44. The molecule has 0 aliphatic carbocycles. The molecule has 2 heterocycles. The lowest BCUT2D eigenvalue weighted by Gasteiger charge is -2.31. The third-order valence-corrected chi connectivity index (χ3v) is 5.35. The number of ether oxygens (including phenoxy) is 4. The maximum atomic E-state index is 6.52. The number of hydrogen-bond donors (Lipinski definition) is 0. The normalized spacial score (nSPS) is 33.5. The molecule has 5 atom stereocenters. The zero-order chi connectivity index (χ0) is 18.4. The number of unbranched alkanes of at least 4 members (excludes halogenated alkanes) is 1. The third-order valence-electron chi connectivity index (χ3n) is 5.35. The van der Waals surface area contributed by atoms with Crippen LogP contribution in [-0.2, 0) is 25.6 Å². The van der Waals surface area contributed by atoms with Gasteiger partial charge in [0.1, 0.15) is 12.2 Å². The van der Waals surface area contributed by atoms with Crippen molar-refractivity contribution < 1.29 is 18.9 Å². The molecule has 4 heteroatoms. The Morgan fingerprint density at radius 3 is 2.46 bits per heavy atom. The molecular formula is C22H34O4. The second-order valence-corrected chi connectivity index (χ2v) is 7.56. The van der Waals surface area contributed by atoms with Gasteiger partial charge in [0.05, 0.1) is 12.7 Å². The van der Waals surface area contributed by atoms with Gasteiger partial charge >= 0.3 is 0 Å². The van der Waals surface area contributed by atoms with Crippen LogP contribution >= 0.6 is 0 Å². The van der Waals surface area contributed by atoms with E-state index >= 15 is 0 Å². The lowest BCUT2D eigenvalue weighted by Crippen LogP contribution is -2.39. The molecule has 3 rings (SSSR count). The molecule has 0 bridgehead atoms. The van der Waals surface area contributed by atoms with Crippen molar-refractivity contribution in [1.82, 2.24) is 0 Å². The quantitative estimate of drug-likeness (QED) is 0.573. The Morgan fingerprint density at radius 2 is 1.77 bits per heavy atom. The predicted molar refractivity (Wildman–Crippen MR) is 102 cm³/mol. The van der Waals surface area contributed by atoms with Crippen molar-refractivity contribution in [3.8, 4) is 0 Å². The maximum absolute atomic E-state index is 6.52. The minimum atomic E-state index is -0.494. The molecule has 0 spiro atoms. The van der Waals surface area contributed by atoms with Gasteiger partial charge in [0.25, 0.3) is 0 Å². The van der Waals surface area contributed by atoms with Crippen molar-refractivity contribution >= 4 is 0 Å². The summed E-state index contributed by atoms with van der Waals surface area (Å²) in [6.07, 6.45) is 6.70. The molecule has 0 saturated carbocycles. The molecule has 2 fully saturated rings. The lowest BCUT2D eigenvalue weighted by atomic mass is 10.0. The van der Waals surface area contributed by atoms with Crippen LogP contribution in [-0.4, -0.2) is 30.4 Å². The summed E-state index contributed by atoms with van der Waals surface area (Å²) in [7, 11) is 0. The molecule has 0 N–H and O–H groups in total. The van der Waals surface area contributed by atoms with Crippen LogP contribution < -0.4 is 0 Å². The first-order valence-electron chi connectivity index (χ1n) is 10.4. The smallest absolute Gasteiger partial charge is 0.190 e. The van der Waals surface area contributed by atoms with Gasteiger partial charge in [-0.3, -0.25) is 0 Å². The average molecular weight is 363 g/mol. The van der Waals surface area contributed by atoms with Crippen LogP contribution in [0.1, 0.15) is 71.3 Å². The summed E-state index contributed by atoms with van der Waals surface area (Å²) >= 11 is 0. The monoisotopic (exact) mass is 362 g/mol. The summed E-state index contributed by atoms with van der Waals surface area (Å²) in [6, 6.07) is 10.3. The summed E-state index contributed by atoms with van der Waals surface area (Å²) in [6.45, 7) is 7.14. The second-order valence-electron chi connectivity index (χ2n) is 7.56. The van der Waals surface area contributed by atoms with Crippen LogP contribution in [0.25, 0.3) is 0 Å². The fraction of sp³-hybridized carbons (Fsp3) is 0.727.